The van der Waals surface area contributed by atoms with Crippen LogP contribution in [0.4, 0.5) is 0 Å². The largest absolute Gasteiger partial charge is 0.0988 e. The highest BCUT2D eigenvalue weighted by Gasteiger charge is 2.09. The molecule has 98 valence electrons. The Morgan fingerprint density at radius 1 is 1.18 bits per heavy atom. The molecule has 0 nitrogen and oxygen atoms in total. The van der Waals surface area contributed by atoms with E-state index in [9.17, 15) is 0 Å². The molecule has 0 heterocycles. The van der Waals surface area contributed by atoms with Gasteiger partial charge < -0.3 is 0 Å². The van der Waals surface area contributed by atoms with Gasteiger partial charge in [-0.25, -0.2) is 0 Å². The molecular formula is C17H30. The first-order valence-electron chi connectivity index (χ1n) is 6.22. The lowest BCUT2D eigenvalue weighted by Gasteiger charge is -2.17. The second-order valence-electron chi connectivity index (χ2n) is 6.05. The zero-order valence-corrected chi connectivity index (χ0v) is 12.6. The van der Waals surface area contributed by atoms with E-state index in [0.29, 0.717) is 11.3 Å². The molecule has 0 bridgehead atoms. The summed E-state index contributed by atoms with van der Waals surface area (Å²) in [5.41, 5.74) is 2.60. The first-order chi connectivity index (χ1) is 7.58. The van der Waals surface area contributed by atoms with Gasteiger partial charge in [0.15, 0.2) is 0 Å². The lowest BCUT2D eigenvalue weighted by Crippen LogP contribution is -2.04. The van der Waals surface area contributed by atoms with Crippen LogP contribution in [0.3, 0.4) is 0 Å². The van der Waals surface area contributed by atoms with Gasteiger partial charge in [-0.1, -0.05) is 83.7 Å². The molecule has 0 aromatic rings. The van der Waals surface area contributed by atoms with Gasteiger partial charge in [0.25, 0.3) is 0 Å². The maximum Gasteiger partial charge on any atom is -0.0236 e. The highest BCUT2D eigenvalue weighted by Crippen LogP contribution is 2.22. The molecule has 0 aliphatic heterocycles. The van der Waals surface area contributed by atoms with Crippen LogP contribution >= 0.6 is 0 Å². The fourth-order valence-electron chi connectivity index (χ4n) is 1.11. The fourth-order valence-corrected chi connectivity index (χ4v) is 1.11. The van der Waals surface area contributed by atoms with E-state index in [2.05, 4.69) is 60.4 Å². The standard InChI is InChI=1S/C9H16.C8H14/c1-6-8(2)7-9(3,4)5;1-7(2)5-6-8(3)4/h6H,1-2,7H2,3-5H3;5-6,8H,1H2,2-4H3. The van der Waals surface area contributed by atoms with Crippen LogP contribution in [0.15, 0.2) is 49.1 Å². The van der Waals surface area contributed by atoms with Gasteiger partial charge in [-0.3, -0.25) is 0 Å². The minimum Gasteiger partial charge on any atom is -0.0988 e. The fraction of sp³-hybridized carbons (Fsp3) is 0.529. The summed E-state index contributed by atoms with van der Waals surface area (Å²) in [6.45, 7) is 24.1. The first-order valence-corrected chi connectivity index (χ1v) is 6.22. The van der Waals surface area contributed by atoms with Crippen molar-refractivity contribution < 1.29 is 0 Å². The van der Waals surface area contributed by atoms with Gasteiger partial charge in [-0.15, -0.1) is 0 Å². The summed E-state index contributed by atoms with van der Waals surface area (Å²) < 4.78 is 0. The number of hydrogen-bond acceptors (Lipinski definition) is 0. The monoisotopic (exact) mass is 234 g/mol. The zero-order chi connectivity index (χ0) is 14.1. The summed E-state index contributed by atoms with van der Waals surface area (Å²) in [5.74, 6) is 0.645. The maximum atomic E-state index is 3.84. The highest BCUT2D eigenvalue weighted by molar-refractivity contribution is 5.12. The van der Waals surface area contributed by atoms with Gasteiger partial charge in [0.05, 0.1) is 0 Å². The van der Waals surface area contributed by atoms with Crippen molar-refractivity contribution in [3.8, 4) is 0 Å². The first kappa shape index (κ1) is 18.3. The van der Waals surface area contributed by atoms with E-state index < -0.39 is 0 Å². The lowest BCUT2D eigenvalue weighted by molar-refractivity contribution is 0.414. The van der Waals surface area contributed by atoms with E-state index in [1.165, 1.54) is 0 Å². The van der Waals surface area contributed by atoms with E-state index >= 15 is 0 Å². The normalized spacial score (nSPS) is 11.0. The molecule has 0 atom stereocenters. The van der Waals surface area contributed by atoms with Crippen molar-refractivity contribution in [2.45, 2.75) is 48.0 Å². The molecule has 0 aromatic heterocycles. The van der Waals surface area contributed by atoms with Crippen molar-refractivity contribution in [3.63, 3.8) is 0 Å². The van der Waals surface area contributed by atoms with E-state index in [4.69, 9.17) is 0 Å². The van der Waals surface area contributed by atoms with Crippen LogP contribution in [0.2, 0.25) is 0 Å². The molecule has 0 fully saturated rings. The molecule has 0 spiro atoms. The topological polar surface area (TPSA) is 0 Å². The molecule has 0 rings (SSSR count). The quantitative estimate of drug-likeness (QED) is 0.528. The van der Waals surface area contributed by atoms with E-state index in [1.54, 1.807) is 0 Å². The zero-order valence-electron chi connectivity index (χ0n) is 12.6. The second-order valence-corrected chi connectivity index (χ2v) is 6.05. The van der Waals surface area contributed by atoms with Crippen LogP contribution < -0.4 is 0 Å². The molecule has 0 heteroatoms. The van der Waals surface area contributed by atoms with Crippen LogP contribution in [0.25, 0.3) is 0 Å². The maximum absolute atomic E-state index is 3.84. The van der Waals surface area contributed by atoms with Gasteiger partial charge in [0, 0.05) is 0 Å². The number of rotatable bonds is 4. The van der Waals surface area contributed by atoms with Gasteiger partial charge >= 0.3 is 0 Å². The average Bonchev–Trinajstić information content (AvgIpc) is 2.13. The third-order valence-electron chi connectivity index (χ3n) is 1.81. The summed E-state index contributed by atoms with van der Waals surface area (Å²) >= 11 is 0. The van der Waals surface area contributed by atoms with E-state index in [0.717, 1.165) is 17.6 Å². The minimum atomic E-state index is 0.352. The predicted molar refractivity (Wildman–Crippen MR) is 82.2 cm³/mol. The molecule has 0 aromatic carbocycles. The third-order valence-corrected chi connectivity index (χ3v) is 1.81. The van der Waals surface area contributed by atoms with Crippen molar-refractivity contribution in [2.24, 2.45) is 11.3 Å². The Morgan fingerprint density at radius 2 is 1.65 bits per heavy atom. The summed E-state index contributed by atoms with van der Waals surface area (Å²) in [7, 11) is 0. The van der Waals surface area contributed by atoms with Crippen molar-refractivity contribution in [3.05, 3.63) is 49.1 Å². The number of hydrogen-bond donors (Lipinski definition) is 0. The van der Waals surface area contributed by atoms with Crippen LogP contribution in [0.5, 0.6) is 0 Å². The number of allylic oxidation sites excluding steroid dienone is 5. The lowest BCUT2D eigenvalue weighted by atomic mass is 9.89. The molecule has 0 saturated carbocycles. The molecule has 0 radical (unpaired) electrons. The van der Waals surface area contributed by atoms with Crippen molar-refractivity contribution in [1.29, 1.82) is 0 Å². The Balaban J connectivity index is 0. The van der Waals surface area contributed by atoms with Gasteiger partial charge in [0.2, 0.25) is 0 Å². The Labute approximate surface area is 109 Å². The van der Waals surface area contributed by atoms with Crippen molar-refractivity contribution >= 4 is 0 Å². The SMILES string of the molecule is C=C(C)C=CC(C)C.C=CC(=C)CC(C)(C)C. The highest BCUT2D eigenvalue weighted by atomic mass is 14.1. The van der Waals surface area contributed by atoms with Gasteiger partial charge in [-0.05, 0) is 24.7 Å². The summed E-state index contributed by atoms with van der Waals surface area (Å²) in [6, 6.07) is 0. The third kappa shape index (κ3) is 20.9. The Morgan fingerprint density at radius 3 is 1.76 bits per heavy atom. The molecule has 0 unspecified atom stereocenters. The Hall–Kier alpha value is -1.04. The molecule has 0 aliphatic carbocycles. The smallest absolute Gasteiger partial charge is 0.0236 e. The molecule has 0 N–H and O–H groups in total. The van der Waals surface area contributed by atoms with E-state index in [1.807, 2.05) is 19.1 Å². The molecule has 0 aliphatic rings. The summed E-state index contributed by atoms with van der Waals surface area (Å²) in [6.07, 6.45) is 7.05. The summed E-state index contributed by atoms with van der Waals surface area (Å²) in [4.78, 5) is 0. The predicted octanol–water partition coefficient (Wildman–Crippen LogP) is 5.94. The van der Waals surface area contributed by atoms with Crippen molar-refractivity contribution in [2.75, 3.05) is 0 Å². The van der Waals surface area contributed by atoms with Crippen LogP contribution in [0, 0.1) is 11.3 Å². The van der Waals surface area contributed by atoms with E-state index in [-0.39, 0.29) is 0 Å². The molecule has 17 heavy (non-hydrogen) atoms. The Bertz CT molecular complexity index is 269. The van der Waals surface area contributed by atoms with Crippen LogP contribution in [0.1, 0.15) is 48.0 Å². The molecule has 0 amide bonds. The molecular weight excluding hydrogens is 204 g/mol. The summed E-state index contributed by atoms with van der Waals surface area (Å²) in [5, 5.41) is 0. The van der Waals surface area contributed by atoms with Crippen LogP contribution in [-0.4, -0.2) is 0 Å². The van der Waals surface area contributed by atoms with Crippen LogP contribution in [-0.2, 0) is 0 Å². The van der Waals surface area contributed by atoms with Gasteiger partial charge in [0.1, 0.15) is 0 Å². The minimum absolute atomic E-state index is 0.352. The Kier molecular flexibility index (Phi) is 9.74. The average molecular weight is 234 g/mol. The van der Waals surface area contributed by atoms with Gasteiger partial charge in [-0.2, -0.15) is 0 Å². The molecule has 0 saturated heterocycles. The second kappa shape index (κ2) is 9.04. The van der Waals surface area contributed by atoms with Crippen molar-refractivity contribution in [1.82, 2.24) is 0 Å².